The van der Waals surface area contributed by atoms with Crippen LogP contribution in [-0.4, -0.2) is 75.7 Å². The number of nitrogens with one attached hydrogen (secondary N) is 2. The summed E-state index contributed by atoms with van der Waals surface area (Å²) in [5, 5.41) is 6.23. The highest BCUT2D eigenvalue weighted by molar-refractivity contribution is 7.92. The van der Waals surface area contributed by atoms with Gasteiger partial charge in [-0.25, -0.2) is 13.2 Å². The molecule has 0 spiro atoms. The molecular formula is C30H30N6O5S. The van der Waals surface area contributed by atoms with Gasteiger partial charge in [-0.2, -0.15) is 0 Å². The molecule has 1 aromatic heterocycles. The minimum Gasteiger partial charge on any atom is -0.465 e. The third-order valence-corrected chi connectivity index (χ3v) is 7.96. The number of methoxy groups -OCH3 is 1. The molecule has 11 nitrogen and oxygen atoms in total. The van der Waals surface area contributed by atoms with Crippen LogP contribution in [0, 0.1) is 0 Å². The van der Waals surface area contributed by atoms with E-state index in [0.717, 1.165) is 0 Å². The van der Waals surface area contributed by atoms with Crippen LogP contribution in [0.1, 0.15) is 21.5 Å². The van der Waals surface area contributed by atoms with Gasteiger partial charge >= 0.3 is 5.97 Å². The largest absolute Gasteiger partial charge is 0.465 e. The zero-order valence-electron chi connectivity index (χ0n) is 23.6. The Balaban J connectivity index is 1.59. The molecule has 0 fully saturated rings. The Bertz CT molecular complexity index is 1820. The van der Waals surface area contributed by atoms with E-state index in [1.54, 1.807) is 54.9 Å². The van der Waals surface area contributed by atoms with Crippen molar-refractivity contribution in [2.24, 2.45) is 0 Å². The van der Waals surface area contributed by atoms with E-state index < -0.39 is 16.0 Å². The maximum absolute atomic E-state index is 13.4. The van der Waals surface area contributed by atoms with E-state index in [1.165, 1.54) is 17.7 Å². The van der Waals surface area contributed by atoms with Gasteiger partial charge in [0.2, 0.25) is 10.0 Å². The molecule has 2 heterocycles. The smallest absolute Gasteiger partial charge is 0.337 e. The molecule has 0 aliphatic carbocycles. The molecule has 1 aliphatic heterocycles. The van der Waals surface area contributed by atoms with Gasteiger partial charge in [-0.3, -0.25) is 19.1 Å². The number of carbonyl (C=O) groups excluding carboxylic acids is 2. The molecule has 12 heteroatoms. The first-order chi connectivity index (χ1) is 20.0. The summed E-state index contributed by atoms with van der Waals surface area (Å²) in [6.07, 6.45) is 4.39. The molecular weight excluding hydrogens is 556 g/mol. The zero-order valence-corrected chi connectivity index (χ0v) is 24.4. The molecule has 0 saturated carbocycles. The minimum atomic E-state index is -3.50. The van der Waals surface area contributed by atoms with Gasteiger partial charge in [0.05, 0.1) is 52.6 Å². The second-order valence-electron chi connectivity index (χ2n) is 10.0. The van der Waals surface area contributed by atoms with Crippen molar-refractivity contribution in [3.8, 4) is 0 Å². The minimum absolute atomic E-state index is 0.302. The second kappa shape index (κ2) is 11.6. The number of ether oxygens (including phenoxy) is 1. The van der Waals surface area contributed by atoms with Gasteiger partial charge in [0.15, 0.2) is 0 Å². The molecule has 216 valence electrons. The van der Waals surface area contributed by atoms with E-state index in [-0.39, 0.29) is 5.91 Å². The molecule has 5 rings (SSSR count). The number of aromatic nitrogens is 2. The van der Waals surface area contributed by atoms with E-state index in [2.05, 4.69) is 20.6 Å². The molecule has 0 radical (unpaired) electrons. The van der Waals surface area contributed by atoms with Crippen LogP contribution in [0.15, 0.2) is 73.1 Å². The lowest BCUT2D eigenvalue weighted by Gasteiger charge is -2.24. The number of fused-ring (bicyclic) bond motifs is 2. The number of anilines is 3. The molecule has 4 aromatic rings. The maximum atomic E-state index is 13.4. The predicted molar refractivity (Wildman–Crippen MR) is 164 cm³/mol. The van der Waals surface area contributed by atoms with Crippen molar-refractivity contribution < 1.29 is 22.7 Å². The lowest BCUT2D eigenvalue weighted by atomic mass is 9.98. The van der Waals surface area contributed by atoms with Crippen molar-refractivity contribution in [2.45, 2.75) is 0 Å². The van der Waals surface area contributed by atoms with E-state index >= 15 is 0 Å². The number of sulfonamides is 1. The van der Waals surface area contributed by atoms with Crippen LogP contribution in [0.5, 0.6) is 0 Å². The number of hydrogen-bond donors (Lipinski definition) is 2. The molecule has 0 atom stereocenters. The Morgan fingerprint density at radius 1 is 0.929 bits per heavy atom. The molecule has 42 heavy (non-hydrogen) atoms. The maximum Gasteiger partial charge on any atom is 0.337 e. The van der Waals surface area contributed by atoms with Gasteiger partial charge in [-0.05, 0) is 62.6 Å². The van der Waals surface area contributed by atoms with Gasteiger partial charge in [0, 0.05) is 42.3 Å². The van der Waals surface area contributed by atoms with Crippen LogP contribution in [0.3, 0.4) is 0 Å². The van der Waals surface area contributed by atoms with Gasteiger partial charge in [0.25, 0.3) is 5.91 Å². The third-order valence-electron chi connectivity index (χ3n) is 6.77. The quantitative estimate of drug-likeness (QED) is 0.223. The van der Waals surface area contributed by atoms with Gasteiger partial charge in [-0.15, -0.1) is 0 Å². The third kappa shape index (κ3) is 5.94. The molecule has 1 aliphatic rings. The SMILES string of the molecule is COC(=O)c1ccc2c(c1)NC(=O)/C2=C(\Nc1ccc(N(CCN(C)C)S(C)(=O)=O)cc1)c1ccc2nccnc2c1. The lowest BCUT2D eigenvalue weighted by molar-refractivity contribution is -0.110. The van der Waals surface area contributed by atoms with Crippen molar-refractivity contribution in [1.29, 1.82) is 0 Å². The first-order valence-corrected chi connectivity index (χ1v) is 14.9. The van der Waals surface area contributed by atoms with Crippen molar-refractivity contribution in [1.82, 2.24) is 14.9 Å². The summed E-state index contributed by atoms with van der Waals surface area (Å²) in [6.45, 7) is 0.858. The Kier molecular flexibility index (Phi) is 7.92. The van der Waals surface area contributed by atoms with E-state index in [9.17, 15) is 18.0 Å². The summed E-state index contributed by atoms with van der Waals surface area (Å²) in [5.74, 6) is -0.859. The van der Waals surface area contributed by atoms with Gasteiger partial charge in [0.1, 0.15) is 0 Å². The van der Waals surface area contributed by atoms with Crippen LogP contribution < -0.4 is 14.9 Å². The van der Waals surface area contributed by atoms with Crippen LogP contribution in [0.4, 0.5) is 17.1 Å². The fourth-order valence-corrected chi connectivity index (χ4v) is 5.61. The monoisotopic (exact) mass is 586 g/mol. The highest BCUT2D eigenvalue weighted by atomic mass is 32.2. The summed E-state index contributed by atoms with van der Waals surface area (Å²) in [7, 11) is 1.56. The van der Waals surface area contributed by atoms with E-state index in [1.807, 2.05) is 37.2 Å². The molecule has 0 bridgehead atoms. The van der Waals surface area contributed by atoms with Crippen molar-refractivity contribution in [3.63, 3.8) is 0 Å². The molecule has 3 aromatic carbocycles. The van der Waals surface area contributed by atoms with Gasteiger partial charge in [-0.1, -0.05) is 12.1 Å². The summed E-state index contributed by atoms with van der Waals surface area (Å²) >= 11 is 0. The lowest BCUT2D eigenvalue weighted by Crippen LogP contribution is -2.35. The van der Waals surface area contributed by atoms with Gasteiger partial charge < -0.3 is 20.3 Å². The van der Waals surface area contributed by atoms with E-state index in [4.69, 9.17) is 4.74 Å². The zero-order chi connectivity index (χ0) is 30.0. The molecule has 0 saturated heterocycles. The van der Waals surface area contributed by atoms with E-state index in [0.29, 0.717) is 69.1 Å². The number of carbonyl (C=O) groups is 2. The number of likely N-dealkylation sites (N-methyl/N-ethyl adjacent to an activating group) is 1. The Morgan fingerprint density at radius 3 is 2.29 bits per heavy atom. The summed E-state index contributed by atoms with van der Waals surface area (Å²) in [4.78, 5) is 36.2. The topological polar surface area (TPSA) is 134 Å². The number of nitrogens with zero attached hydrogens (tertiary/aromatic N) is 4. The molecule has 2 N–H and O–H groups in total. The van der Waals surface area contributed by atoms with Crippen LogP contribution in [0.25, 0.3) is 22.3 Å². The fourth-order valence-electron chi connectivity index (χ4n) is 4.70. The average molecular weight is 587 g/mol. The number of rotatable bonds is 9. The standard InChI is InChI=1S/C30H30N6O5S/c1-35(2)15-16-36(42(4,39)40)22-9-7-21(8-10-22)33-28(19-6-12-24-26(17-19)32-14-13-31-24)27-23-11-5-20(30(38)41-3)18-25(23)34-29(27)37/h5-14,17-18,33H,15-16H2,1-4H3,(H,34,37)/b28-27-. The first kappa shape index (κ1) is 28.7. The average Bonchev–Trinajstić information content (AvgIpc) is 3.29. The number of hydrogen-bond acceptors (Lipinski definition) is 9. The highest BCUT2D eigenvalue weighted by Gasteiger charge is 2.30. The number of amides is 1. The van der Waals surface area contributed by atoms with Crippen molar-refractivity contribution in [2.75, 3.05) is 55.5 Å². The Labute approximate surface area is 243 Å². The van der Waals surface area contributed by atoms with Crippen molar-refractivity contribution >= 4 is 61.3 Å². The molecule has 0 unspecified atom stereocenters. The fraction of sp³-hybridized carbons (Fsp3) is 0.200. The van der Waals surface area contributed by atoms with Crippen LogP contribution in [-0.2, 0) is 19.6 Å². The molecule has 1 amide bonds. The normalized spacial score (nSPS) is 14.0. The Hall–Kier alpha value is -4.81. The second-order valence-corrected chi connectivity index (χ2v) is 11.9. The summed E-state index contributed by atoms with van der Waals surface area (Å²) < 4.78 is 31.2. The van der Waals surface area contributed by atoms with Crippen LogP contribution in [0.2, 0.25) is 0 Å². The first-order valence-electron chi connectivity index (χ1n) is 13.0. The highest BCUT2D eigenvalue weighted by Crippen LogP contribution is 2.38. The summed E-state index contributed by atoms with van der Waals surface area (Å²) in [5.41, 5.74) is 5.48. The van der Waals surface area contributed by atoms with Crippen LogP contribution >= 0.6 is 0 Å². The Morgan fingerprint density at radius 2 is 1.62 bits per heavy atom. The van der Waals surface area contributed by atoms with Crippen molar-refractivity contribution in [3.05, 3.63) is 89.7 Å². The number of benzene rings is 3. The summed E-state index contributed by atoms with van der Waals surface area (Å²) in [6, 6.07) is 17.4. The number of esters is 1. The predicted octanol–water partition coefficient (Wildman–Crippen LogP) is 3.68.